The van der Waals surface area contributed by atoms with Crippen LogP contribution in [0.4, 0.5) is 10.1 Å². The molecule has 0 aliphatic carbocycles. The number of nitrogens with one attached hydrogen (secondary N) is 1. The summed E-state index contributed by atoms with van der Waals surface area (Å²) in [5, 5.41) is 0. The van der Waals surface area contributed by atoms with Crippen LogP contribution in [0.1, 0.15) is 40.4 Å². The van der Waals surface area contributed by atoms with Gasteiger partial charge in [0.2, 0.25) is 0 Å². The molecule has 184 valence electrons. The van der Waals surface area contributed by atoms with Gasteiger partial charge in [-0.3, -0.25) is 9.52 Å². The number of amides is 1. The van der Waals surface area contributed by atoms with Crippen molar-refractivity contribution in [3.05, 3.63) is 83.2 Å². The molecule has 1 fully saturated rings. The van der Waals surface area contributed by atoms with E-state index in [0.717, 1.165) is 24.5 Å². The third-order valence-corrected chi connectivity index (χ3v) is 7.51. The second-order valence-corrected chi connectivity index (χ2v) is 10.0. The highest BCUT2D eigenvalue weighted by Gasteiger charge is 2.32. The molecular weight excluding hydrogens is 471 g/mol. The second kappa shape index (κ2) is 9.95. The Bertz CT molecular complexity index is 1340. The van der Waals surface area contributed by atoms with Gasteiger partial charge in [-0.15, -0.1) is 0 Å². The Hall–Kier alpha value is -3.59. The molecule has 0 bridgehead atoms. The van der Waals surface area contributed by atoms with E-state index >= 15 is 0 Å². The normalized spacial score (nSPS) is 15.7. The van der Waals surface area contributed by atoms with Crippen LogP contribution in [0.3, 0.4) is 0 Å². The third-order valence-electron chi connectivity index (χ3n) is 6.13. The fourth-order valence-corrected chi connectivity index (χ4v) is 5.42. The molecule has 1 aliphatic rings. The van der Waals surface area contributed by atoms with Crippen LogP contribution in [0, 0.1) is 12.7 Å². The van der Waals surface area contributed by atoms with E-state index in [1.807, 2.05) is 18.2 Å². The van der Waals surface area contributed by atoms with Crippen LogP contribution in [0.5, 0.6) is 11.5 Å². The van der Waals surface area contributed by atoms with Crippen LogP contribution in [-0.2, 0) is 10.0 Å². The zero-order valence-corrected chi connectivity index (χ0v) is 20.6. The van der Waals surface area contributed by atoms with Gasteiger partial charge in [0.15, 0.2) is 0 Å². The van der Waals surface area contributed by atoms with Crippen molar-refractivity contribution >= 4 is 21.6 Å². The number of aryl methyl sites for hydroxylation is 1. The summed E-state index contributed by atoms with van der Waals surface area (Å²) < 4.78 is 52.2. The number of halogens is 1. The molecule has 1 unspecified atom stereocenters. The number of likely N-dealkylation sites (tertiary alicyclic amines) is 1. The minimum atomic E-state index is -3.90. The Morgan fingerprint density at radius 2 is 1.77 bits per heavy atom. The molecule has 0 saturated carbocycles. The van der Waals surface area contributed by atoms with Crippen LogP contribution in [-0.4, -0.2) is 40.0 Å². The van der Waals surface area contributed by atoms with E-state index in [-0.39, 0.29) is 22.4 Å². The molecule has 1 heterocycles. The van der Waals surface area contributed by atoms with Gasteiger partial charge in [-0.25, -0.2) is 12.8 Å². The highest BCUT2D eigenvalue weighted by molar-refractivity contribution is 7.92. The monoisotopic (exact) mass is 498 g/mol. The fourth-order valence-electron chi connectivity index (χ4n) is 4.28. The fraction of sp³-hybridized carbons (Fsp3) is 0.269. The third kappa shape index (κ3) is 5.09. The van der Waals surface area contributed by atoms with Crippen molar-refractivity contribution < 1.29 is 27.1 Å². The lowest BCUT2D eigenvalue weighted by Gasteiger charge is -2.27. The number of carbonyl (C=O) groups excluding carboxylic acids is 1. The van der Waals surface area contributed by atoms with E-state index in [1.165, 1.54) is 19.1 Å². The number of hydrogen-bond donors (Lipinski definition) is 1. The van der Waals surface area contributed by atoms with Crippen molar-refractivity contribution in [2.45, 2.75) is 30.7 Å². The van der Waals surface area contributed by atoms with Crippen LogP contribution >= 0.6 is 0 Å². The van der Waals surface area contributed by atoms with Crippen molar-refractivity contribution in [2.24, 2.45) is 0 Å². The summed E-state index contributed by atoms with van der Waals surface area (Å²) in [7, 11) is -0.708. The molecule has 1 aliphatic heterocycles. The van der Waals surface area contributed by atoms with Crippen molar-refractivity contribution in [2.75, 3.05) is 25.5 Å². The van der Waals surface area contributed by atoms with E-state index in [9.17, 15) is 17.6 Å². The number of benzene rings is 3. The number of hydrogen-bond acceptors (Lipinski definition) is 5. The Morgan fingerprint density at radius 1 is 1.03 bits per heavy atom. The summed E-state index contributed by atoms with van der Waals surface area (Å²) >= 11 is 0. The zero-order valence-electron chi connectivity index (χ0n) is 19.7. The average molecular weight is 499 g/mol. The van der Waals surface area contributed by atoms with Crippen LogP contribution in [0.25, 0.3) is 0 Å². The van der Waals surface area contributed by atoms with Gasteiger partial charge in [0.1, 0.15) is 17.3 Å². The summed E-state index contributed by atoms with van der Waals surface area (Å²) in [5.41, 5.74) is 1.87. The lowest BCUT2D eigenvalue weighted by Crippen LogP contribution is -2.30. The quantitative estimate of drug-likeness (QED) is 0.499. The molecular formula is C26H27FN2O5S. The number of nitrogens with zero attached hydrogens (tertiary/aromatic N) is 1. The molecule has 3 aromatic rings. The Labute approximate surface area is 204 Å². The smallest absolute Gasteiger partial charge is 0.261 e. The minimum absolute atomic E-state index is 0.0382. The van der Waals surface area contributed by atoms with Gasteiger partial charge >= 0.3 is 0 Å². The van der Waals surface area contributed by atoms with E-state index in [1.54, 1.807) is 43.4 Å². The SMILES string of the molecule is COc1ccc(OC)c(C2CCCN2C(=O)c2ccc(NS(=O)(=O)c3ccc(F)c(C)c3)cc2)c1. The Balaban J connectivity index is 1.53. The van der Waals surface area contributed by atoms with Crippen molar-refractivity contribution in [1.29, 1.82) is 0 Å². The molecule has 0 spiro atoms. The lowest BCUT2D eigenvalue weighted by atomic mass is 10.0. The molecule has 4 rings (SSSR count). The van der Waals surface area contributed by atoms with E-state index in [4.69, 9.17) is 9.47 Å². The average Bonchev–Trinajstić information content (AvgIpc) is 3.35. The summed E-state index contributed by atoms with van der Waals surface area (Å²) in [6.07, 6.45) is 1.65. The van der Waals surface area contributed by atoms with Gasteiger partial charge < -0.3 is 14.4 Å². The van der Waals surface area contributed by atoms with Gasteiger partial charge in [0.05, 0.1) is 25.2 Å². The molecule has 3 aromatic carbocycles. The molecule has 0 radical (unpaired) electrons. The topological polar surface area (TPSA) is 84.9 Å². The van der Waals surface area contributed by atoms with Gasteiger partial charge in [-0.05, 0) is 86.0 Å². The van der Waals surface area contributed by atoms with Crippen molar-refractivity contribution in [3.8, 4) is 11.5 Å². The summed E-state index contributed by atoms with van der Waals surface area (Å²) in [6, 6.07) is 15.2. The van der Waals surface area contributed by atoms with Gasteiger partial charge in [0, 0.05) is 23.4 Å². The van der Waals surface area contributed by atoms with E-state index in [0.29, 0.717) is 29.3 Å². The standard InChI is InChI=1S/C26H27FN2O5S/c1-17-15-21(11-12-23(17)27)35(31,32)28-19-8-6-18(7-9-19)26(30)29-14-4-5-24(29)22-16-20(33-2)10-13-25(22)34-3/h6-13,15-16,24,28H,4-5,14H2,1-3H3. The maximum Gasteiger partial charge on any atom is 0.261 e. The zero-order chi connectivity index (χ0) is 25.2. The minimum Gasteiger partial charge on any atom is -0.497 e. The summed E-state index contributed by atoms with van der Waals surface area (Å²) in [6.45, 7) is 2.10. The molecule has 0 aromatic heterocycles. The van der Waals surface area contributed by atoms with E-state index in [2.05, 4.69) is 4.72 Å². The van der Waals surface area contributed by atoms with E-state index < -0.39 is 15.8 Å². The summed E-state index contributed by atoms with van der Waals surface area (Å²) in [4.78, 5) is 15.1. The highest BCUT2D eigenvalue weighted by Crippen LogP contribution is 2.39. The maximum absolute atomic E-state index is 13.5. The number of anilines is 1. The Morgan fingerprint density at radius 3 is 2.43 bits per heavy atom. The second-order valence-electron chi connectivity index (χ2n) is 8.36. The van der Waals surface area contributed by atoms with Gasteiger partial charge in [-0.1, -0.05) is 0 Å². The van der Waals surface area contributed by atoms with Gasteiger partial charge in [-0.2, -0.15) is 0 Å². The molecule has 1 N–H and O–H groups in total. The first-order valence-corrected chi connectivity index (χ1v) is 12.6. The first kappa shape index (κ1) is 24.5. The van der Waals surface area contributed by atoms with Crippen molar-refractivity contribution in [1.82, 2.24) is 4.90 Å². The summed E-state index contributed by atoms with van der Waals surface area (Å²) in [5.74, 6) is 0.754. The predicted molar refractivity (Wildman–Crippen MR) is 131 cm³/mol. The first-order chi connectivity index (χ1) is 16.7. The van der Waals surface area contributed by atoms with Crippen molar-refractivity contribution in [3.63, 3.8) is 0 Å². The number of ether oxygens (including phenoxy) is 2. The predicted octanol–water partition coefficient (Wildman–Crippen LogP) is 4.93. The maximum atomic E-state index is 13.5. The van der Waals surface area contributed by atoms with Crippen LogP contribution in [0.15, 0.2) is 65.6 Å². The number of rotatable bonds is 7. The molecule has 1 amide bonds. The number of sulfonamides is 1. The molecule has 7 nitrogen and oxygen atoms in total. The van der Waals surface area contributed by atoms with Gasteiger partial charge in [0.25, 0.3) is 15.9 Å². The molecule has 1 atom stereocenters. The highest BCUT2D eigenvalue weighted by atomic mass is 32.2. The lowest BCUT2D eigenvalue weighted by molar-refractivity contribution is 0.0734. The Kier molecular flexibility index (Phi) is 6.98. The number of methoxy groups -OCH3 is 2. The van der Waals surface area contributed by atoms with Crippen LogP contribution in [0.2, 0.25) is 0 Å². The molecule has 35 heavy (non-hydrogen) atoms. The molecule has 9 heteroatoms. The number of carbonyl (C=O) groups is 1. The first-order valence-electron chi connectivity index (χ1n) is 11.2. The van der Waals surface area contributed by atoms with Crippen LogP contribution < -0.4 is 14.2 Å². The molecule has 1 saturated heterocycles. The largest absolute Gasteiger partial charge is 0.497 e.